The molecule has 0 saturated heterocycles. The van der Waals surface area contributed by atoms with Gasteiger partial charge in [0.1, 0.15) is 5.75 Å². The van der Waals surface area contributed by atoms with Crippen LogP contribution in [0.5, 0.6) is 5.75 Å². The van der Waals surface area contributed by atoms with E-state index in [2.05, 4.69) is 5.32 Å². The summed E-state index contributed by atoms with van der Waals surface area (Å²) in [6.07, 6.45) is 0. The first-order valence-electron chi connectivity index (χ1n) is 7.09. The summed E-state index contributed by atoms with van der Waals surface area (Å²) in [7, 11) is 0. The van der Waals surface area contributed by atoms with E-state index in [1.807, 2.05) is 24.3 Å². The summed E-state index contributed by atoms with van der Waals surface area (Å²) < 4.78 is 0. The Morgan fingerprint density at radius 3 is 2.48 bits per heavy atom. The number of nitrogens with two attached hydrogens (primary N) is 1. The van der Waals surface area contributed by atoms with Gasteiger partial charge >= 0.3 is 0 Å². The van der Waals surface area contributed by atoms with Crippen molar-refractivity contribution in [2.45, 2.75) is 6.54 Å². The molecule has 0 aliphatic heterocycles. The maximum atomic E-state index is 12.4. The van der Waals surface area contributed by atoms with Crippen molar-refractivity contribution in [3.8, 4) is 5.75 Å². The Bertz CT molecular complexity index is 873. The largest absolute Gasteiger partial charge is 0.507 e. The normalized spacial score (nSPS) is 10.7. The summed E-state index contributed by atoms with van der Waals surface area (Å²) in [4.78, 5) is 12.4. The lowest BCUT2D eigenvalue weighted by molar-refractivity contribution is 0.0948. The summed E-state index contributed by atoms with van der Waals surface area (Å²) in [5.74, 6) is -0.444. The molecule has 116 valence electrons. The van der Waals surface area contributed by atoms with E-state index in [1.54, 1.807) is 30.3 Å². The molecule has 0 aliphatic rings. The average Bonchev–Trinajstić information content (AvgIpc) is 2.53. The number of rotatable bonds is 3. The molecule has 0 spiro atoms. The van der Waals surface area contributed by atoms with Crippen molar-refractivity contribution >= 4 is 34.0 Å². The van der Waals surface area contributed by atoms with Gasteiger partial charge in [0.15, 0.2) is 0 Å². The molecular weight excluding hydrogens is 312 g/mol. The van der Waals surface area contributed by atoms with Gasteiger partial charge in [-0.05, 0) is 35.0 Å². The number of phenols is 1. The first-order valence-corrected chi connectivity index (χ1v) is 7.47. The molecule has 4 N–H and O–H groups in total. The third-order valence-corrected chi connectivity index (χ3v) is 4.04. The number of carbonyl (C=O) groups is 1. The minimum atomic E-state index is -0.382. The smallest absolute Gasteiger partial charge is 0.255 e. The Kier molecular flexibility index (Phi) is 4.08. The van der Waals surface area contributed by atoms with Gasteiger partial charge in [0.25, 0.3) is 5.91 Å². The van der Waals surface area contributed by atoms with Crippen molar-refractivity contribution < 1.29 is 9.90 Å². The number of anilines is 1. The fraction of sp³-hybridized carbons (Fsp3) is 0.0556. The molecule has 23 heavy (non-hydrogen) atoms. The molecule has 0 unspecified atom stereocenters. The molecule has 0 heterocycles. The van der Waals surface area contributed by atoms with Crippen LogP contribution in [-0.2, 0) is 6.54 Å². The Hall–Kier alpha value is -2.72. The van der Waals surface area contributed by atoms with Crippen molar-refractivity contribution in [3.05, 3.63) is 70.7 Å². The van der Waals surface area contributed by atoms with Crippen LogP contribution in [-0.4, -0.2) is 11.0 Å². The Labute approximate surface area is 138 Å². The first-order chi connectivity index (χ1) is 11.1. The number of nitrogens with one attached hydrogen (secondary N) is 1. The van der Waals surface area contributed by atoms with Crippen molar-refractivity contribution in [2.75, 3.05) is 5.73 Å². The van der Waals surface area contributed by atoms with Crippen LogP contribution in [0.1, 0.15) is 15.9 Å². The van der Waals surface area contributed by atoms with Crippen LogP contribution in [0.2, 0.25) is 5.02 Å². The monoisotopic (exact) mass is 326 g/mol. The van der Waals surface area contributed by atoms with Crippen molar-refractivity contribution in [2.24, 2.45) is 0 Å². The summed E-state index contributed by atoms with van der Waals surface area (Å²) >= 11 is 6.09. The summed E-state index contributed by atoms with van der Waals surface area (Å²) in [5, 5.41) is 15.1. The van der Waals surface area contributed by atoms with E-state index in [9.17, 15) is 9.90 Å². The zero-order chi connectivity index (χ0) is 16.4. The highest BCUT2D eigenvalue weighted by Gasteiger charge is 2.13. The van der Waals surface area contributed by atoms with Crippen molar-refractivity contribution in [3.63, 3.8) is 0 Å². The molecular formula is C18H15ClN2O2. The third-order valence-electron chi connectivity index (χ3n) is 3.69. The maximum Gasteiger partial charge on any atom is 0.255 e. The molecule has 0 fully saturated rings. The van der Waals surface area contributed by atoms with Gasteiger partial charge in [-0.25, -0.2) is 0 Å². The quantitative estimate of drug-likeness (QED) is 0.642. The van der Waals surface area contributed by atoms with Gasteiger partial charge in [-0.2, -0.15) is 0 Å². The van der Waals surface area contributed by atoms with E-state index in [0.717, 1.165) is 10.8 Å². The lowest BCUT2D eigenvalue weighted by atomic mass is 10.1. The first kappa shape index (κ1) is 15.2. The number of amides is 1. The molecule has 3 rings (SSSR count). The molecule has 0 aromatic heterocycles. The fourth-order valence-corrected chi connectivity index (χ4v) is 2.68. The summed E-state index contributed by atoms with van der Waals surface area (Å²) in [6, 6.07) is 15.9. The van der Waals surface area contributed by atoms with Crippen LogP contribution in [0.15, 0.2) is 54.6 Å². The minimum absolute atomic E-state index is 0.0617. The van der Waals surface area contributed by atoms with Gasteiger partial charge in [0.05, 0.1) is 5.56 Å². The van der Waals surface area contributed by atoms with Crippen molar-refractivity contribution in [1.29, 1.82) is 0 Å². The predicted molar refractivity (Wildman–Crippen MR) is 92.6 cm³/mol. The summed E-state index contributed by atoms with van der Waals surface area (Å²) in [5.41, 5.74) is 7.25. The van der Waals surface area contributed by atoms with E-state index in [1.165, 1.54) is 0 Å². The predicted octanol–water partition coefficient (Wildman–Crippen LogP) is 3.71. The topological polar surface area (TPSA) is 75.3 Å². The number of hydrogen-bond acceptors (Lipinski definition) is 3. The number of carbonyl (C=O) groups excluding carboxylic acids is 1. The number of nitrogen functional groups attached to an aromatic ring is 1. The lowest BCUT2D eigenvalue weighted by Crippen LogP contribution is -2.23. The van der Waals surface area contributed by atoms with Crippen LogP contribution >= 0.6 is 11.6 Å². The van der Waals surface area contributed by atoms with Gasteiger partial charge in [-0.3, -0.25) is 4.79 Å². The maximum absolute atomic E-state index is 12.4. The average molecular weight is 327 g/mol. The van der Waals surface area contributed by atoms with Gasteiger partial charge in [0, 0.05) is 22.8 Å². The standard InChI is InChI=1S/C18H15ClN2O2/c19-15-6-3-7-16(20)14(15)10-21-18(23)13-8-11-4-1-2-5-12(11)9-17(13)22/h1-9,22H,10,20H2,(H,21,23). The number of halogens is 1. The van der Waals surface area contributed by atoms with Crippen LogP contribution in [0.4, 0.5) is 5.69 Å². The Morgan fingerprint density at radius 2 is 1.78 bits per heavy atom. The third kappa shape index (κ3) is 3.07. The molecule has 3 aromatic carbocycles. The number of aromatic hydroxyl groups is 1. The van der Waals surface area contributed by atoms with E-state index >= 15 is 0 Å². The second-order valence-corrected chi connectivity index (χ2v) is 5.61. The van der Waals surface area contributed by atoms with E-state index in [0.29, 0.717) is 16.3 Å². The van der Waals surface area contributed by atoms with Gasteiger partial charge in [-0.1, -0.05) is 41.9 Å². The number of phenolic OH excluding ortho intramolecular Hbond substituents is 1. The fourth-order valence-electron chi connectivity index (χ4n) is 2.44. The molecule has 1 amide bonds. The van der Waals surface area contributed by atoms with E-state index in [4.69, 9.17) is 17.3 Å². The Balaban J connectivity index is 1.85. The highest BCUT2D eigenvalue weighted by Crippen LogP contribution is 2.26. The second kappa shape index (κ2) is 6.18. The molecule has 0 saturated carbocycles. The van der Waals surface area contributed by atoms with Crippen LogP contribution in [0.25, 0.3) is 10.8 Å². The second-order valence-electron chi connectivity index (χ2n) is 5.21. The highest BCUT2D eigenvalue weighted by atomic mass is 35.5. The van der Waals surface area contributed by atoms with Crippen LogP contribution < -0.4 is 11.1 Å². The van der Waals surface area contributed by atoms with Crippen LogP contribution in [0.3, 0.4) is 0 Å². The summed E-state index contributed by atoms with van der Waals surface area (Å²) in [6.45, 7) is 0.191. The molecule has 0 aliphatic carbocycles. The Morgan fingerprint density at radius 1 is 1.09 bits per heavy atom. The van der Waals surface area contributed by atoms with Gasteiger partial charge < -0.3 is 16.2 Å². The molecule has 0 atom stereocenters. The SMILES string of the molecule is Nc1cccc(Cl)c1CNC(=O)c1cc2ccccc2cc1O. The molecule has 5 heteroatoms. The van der Waals surface area contributed by atoms with Crippen molar-refractivity contribution in [1.82, 2.24) is 5.32 Å². The zero-order valence-electron chi connectivity index (χ0n) is 12.2. The van der Waals surface area contributed by atoms with E-state index in [-0.39, 0.29) is 23.8 Å². The van der Waals surface area contributed by atoms with E-state index < -0.39 is 0 Å². The zero-order valence-corrected chi connectivity index (χ0v) is 13.0. The van der Waals surface area contributed by atoms with Crippen LogP contribution in [0, 0.1) is 0 Å². The molecule has 0 radical (unpaired) electrons. The minimum Gasteiger partial charge on any atom is -0.507 e. The lowest BCUT2D eigenvalue weighted by Gasteiger charge is -2.11. The highest BCUT2D eigenvalue weighted by molar-refractivity contribution is 6.31. The molecule has 3 aromatic rings. The number of fused-ring (bicyclic) bond motifs is 1. The van der Waals surface area contributed by atoms with Gasteiger partial charge in [0.2, 0.25) is 0 Å². The molecule has 0 bridgehead atoms. The van der Waals surface area contributed by atoms with Gasteiger partial charge in [-0.15, -0.1) is 0 Å². The molecule has 4 nitrogen and oxygen atoms in total. The number of benzene rings is 3. The number of hydrogen-bond donors (Lipinski definition) is 3.